The quantitative estimate of drug-likeness (QED) is 0.601. The fourth-order valence-electron chi connectivity index (χ4n) is 1.46. The van der Waals surface area contributed by atoms with Crippen LogP contribution in [0.4, 0.5) is 26.3 Å². The van der Waals surface area contributed by atoms with E-state index in [0.29, 0.717) is 10.7 Å². The van der Waals surface area contributed by atoms with Crippen LogP contribution in [-0.2, 0) is 0 Å². The molecule has 0 spiro atoms. The number of halogens is 7. The molecule has 2 aromatic heterocycles. The van der Waals surface area contributed by atoms with Crippen LogP contribution in [0.2, 0.25) is 5.15 Å². The van der Waals surface area contributed by atoms with E-state index >= 15 is 0 Å². The van der Waals surface area contributed by atoms with Gasteiger partial charge in [0.2, 0.25) is 5.92 Å². The van der Waals surface area contributed by atoms with Crippen LogP contribution in [-0.4, -0.2) is 31.9 Å². The highest BCUT2D eigenvalue weighted by atomic mass is 35.5. The average molecular weight is 305 g/mol. The number of aromatic nitrogens is 4. The number of hydrogen-bond donors (Lipinski definition) is 0. The van der Waals surface area contributed by atoms with E-state index in [2.05, 4.69) is 15.2 Å². The van der Waals surface area contributed by atoms with Crippen molar-refractivity contribution in [1.82, 2.24) is 19.6 Å². The summed E-state index contributed by atoms with van der Waals surface area (Å²) >= 11 is 5.45. The van der Waals surface area contributed by atoms with Gasteiger partial charge in [0.05, 0.1) is 0 Å². The van der Waals surface area contributed by atoms with Gasteiger partial charge in [-0.15, -0.1) is 10.2 Å². The van der Waals surface area contributed by atoms with Crippen molar-refractivity contribution in [2.75, 3.05) is 0 Å². The summed E-state index contributed by atoms with van der Waals surface area (Å²) < 4.78 is 75.7. The normalized spacial score (nSPS) is 13.5. The summed E-state index contributed by atoms with van der Waals surface area (Å²) in [6.07, 6.45) is -10.4. The first-order chi connectivity index (χ1) is 8.60. The van der Waals surface area contributed by atoms with Crippen molar-refractivity contribution in [1.29, 1.82) is 0 Å². The van der Waals surface area contributed by atoms with E-state index in [0.717, 1.165) is 6.07 Å². The number of alkyl halides is 6. The van der Waals surface area contributed by atoms with Crippen molar-refractivity contribution in [3.05, 3.63) is 23.4 Å². The van der Waals surface area contributed by atoms with Crippen LogP contribution in [0.3, 0.4) is 0 Å². The van der Waals surface area contributed by atoms with E-state index in [1.807, 2.05) is 0 Å². The molecule has 0 atom stereocenters. The molecule has 0 unspecified atom stereocenters. The molecule has 0 amide bonds. The second-order valence-electron chi connectivity index (χ2n) is 3.51. The third kappa shape index (κ3) is 2.57. The van der Waals surface area contributed by atoms with Gasteiger partial charge in [-0.05, 0) is 0 Å². The van der Waals surface area contributed by atoms with Crippen molar-refractivity contribution >= 4 is 17.2 Å². The van der Waals surface area contributed by atoms with E-state index in [9.17, 15) is 26.3 Å². The maximum Gasteiger partial charge on any atom is 0.407 e. The highest BCUT2D eigenvalue weighted by Crippen LogP contribution is 2.45. The zero-order valence-corrected chi connectivity index (χ0v) is 9.42. The summed E-state index contributed by atoms with van der Waals surface area (Å²) in [6, 6.07) is 1.00. The van der Waals surface area contributed by atoms with Crippen molar-refractivity contribution in [2.24, 2.45) is 0 Å². The largest absolute Gasteiger partial charge is 0.407 e. The van der Waals surface area contributed by atoms with Gasteiger partial charge in [-0.25, -0.2) is 4.98 Å². The van der Waals surface area contributed by atoms with Gasteiger partial charge >= 0.3 is 12.4 Å². The van der Waals surface area contributed by atoms with Crippen LogP contribution in [0.25, 0.3) is 5.65 Å². The Kier molecular flexibility index (Phi) is 3.07. The molecule has 4 nitrogen and oxygen atoms in total. The molecular formula is C8H3ClF6N4. The maximum atomic E-state index is 12.5. The smallest absolute Gasteiger partial charge is 0.268 e. The van der Waals surface area contributed by atoms with Crippen LogP contribution in [0.1, 0.15) is 11.7 Å². The molecule has 0 saturated carbocycles. The monoisotopic (exact) mass is 304 g/mol. The van der Waals surface area contributed by atoms with Gasteiger partial charge in [0.1, 0.15) is 11.5 Å². The molecule has 0 bridgehead atoms. The fraction of sp³-hybridized carbons (Fsp3) is 0.375. The summed E-state index contributed by atoms with van der Waals surface area (Å²) in [5, 5.41) is 6.04. The molecule has 104 valence electrons. The molecule has 0 N–H and O–H groups in total. The van der Waals surface area contributed by atoms with E-state index in [1.165, 1.54) is 0 Å². The minimum absolute atomic E-state index is 0.123. The predicted octanol–water partition coefficient (Wildman–Crippen LogP) is 2.99. The zero-order chi connectivity index (χ0) is 14.4. The predicted molar refractivity (Wildman–Crippen MR) is 50.6 cm³/mol. The number of nitrogens with zero attached hydrogens (tertiary/aromatic N) is 4. The third-order valence-corrected chi connectivity index (χ3v) is 2.41. The average Bonchev–Trinajstić information content (AvgIpc) is 2.56. The minimum atomic E-state index is -5.54. The third-order valence-electron chi connectivity index (χ3n) is 2.21. The van der Waals surface area contributed by atoms with E-state index < -0.39 is 24.1 Å². The number of rotatable bonds is 1. The number of fused-ring (bicyclic) bond motifs is 1. The van der Waals surface area contributed by atoms with Crippen molar-refractivity contribution < 1.29 is 26.3 Å². The molecule has 0 aliphatic rings. The van der Waals surface area contributed by atoms with Gasteiger partial charge in [0.15, 0.2) is 11.5 Å². The zero-order valence-electron chi connectivity index (χ0n) is 8.67. The van der Waals surface area contributed by atoms with E-state index in [1.54, 1.807) is 0 Å². The van der Waals surface area contributed by atoms with E-state index in [4.69, 9.17) is 11.6 Å². The summed E-state index contributed by atoms with van der Waals surface area (Å²) in [5.74, 6) is -5.04. The summed E-state index contributed by atoms with van der Waals surface area (Å²) in [7, 11) is 0. The highest BCUT2D eigenvalue weighted by Gasteiger charge is 2.60. The SMILES string of the molecule is FC(F)(F)C(c1nnc2cc(Cl)ncn12)C(F)(F)F. The Bertz CT molecular complexity index is 589. The van der Waals surface area contributed by atoms with Crippen molar-refractivity contribution in [3.8, 4) is 0 Å². The van der Waals surface area contributed by atoms with Gasteiger partial charge in [-0.2, -0.15) is 26.3 Å². The molecule has 2 rings (SSSR count). The second kappa shape index (κ2) is 4.22. The Morgan fingerprint density at radius 3 is 2.16 bits per heavy atom. The maximum absolute atomic E-state index is 12.5. The van der Waals surface area contributed by atoms with Gasteiger partial charge in [0, 0.05) is 6.07 Å². The lowest BCUT2D eigenvalue weighted by molar-refractivity contribution is -0.255. The Hall–Kier alpha value is -1.58. The molecule has 2 heterocycles. The summed E-state index contributed by atoms with van der Waals surface area (Å²) in [6.45, 7) is 0. The molecule has 2 aromatic rings. The molecule has 0 aliphatic carbocycles. The van der Waals surface area contributed by atoms with Crippen LogP contribution < -0.4 is 0 Å². The first-order valence-electron chi connectivity index (χ1n) is 4.60. The lowest BCUT2D eigenvalue weighted by Gasteiger charge is -2.21. The molecule has 0 saturated heterocycles. The fourth-order valence-corrected chi connectivity index (χ4v) is 1.61. The summed E-state index contributed by atoms with van der Waals surface area (Å²) in [4.78, 5) is 3.40. The lowest BCUT2D eigenvalue weighted by Crippen LogP contribution is -2.35. The highest BCUT2D eigenvalue weighted by molar-refractivity contribution is 6.29. The van der Waals surface area contributed by atoms with Crippen molar-refractivity contribution in [3.63, 3.8) is 0 Å². The molecule has 19 heavy (non-hydrogen) atoms. The first-order valence-corrected chi connectivity index (χ1v) is 4.98. The van der Waals surface area contributed by atoms with Gasteiger partial charge in [0.25, 0.3) is 0 Å². The molecule has 0 aromatic carbocycles. The Morgan fingerprint density at radius 1 is 1.05 bits per heavy atom. The van der Waals surface area contributed by atoms with Gasteiger partial charge in [-0.1, -0.05) is 11.6 Å². The van der Waals surface area contributed by atoms with E-state index in [-0.39, 0.29) is 10.8 Å². The molecular weight excluding hydrogens is 302 g/mol. The standard InChI is InChI=1S/C8H3ClF6N4/c9-3-1-4-17-18-6(19(4)2-16-3)5(7(10,11)12)8(13,14)15/h1-2,5H. The van der Waals surface area contributed by atoms with Crippen LogP contribution in [0, 0.1) is 0 Å². The van der Waals surface area contributed by atoms with Crippen LogP contribution in [0.15, 0.2) is 12.4 Å². The molecule has 0 radical (unpaired) electrons. The summed E-state index contributed by atoms with van der Waals surface area (Å²) in [5.41, 5.74) is -0.256. The van der Waals surface area contributed by atoms with Gasteiger partial charge < -0.3 is 0 Å². The second-order valence-corrected chi connectivity index (χ2v) is 3.90. The van der Waals surface area contributed by atoms with Gasteiger partial charge in [-0.3, -0.25) is 4.40 Å². The minimum Gasteiger partial charge on any atom is -0.268 e. The van der Waals surface area contributed by atoms with Crippen molar-refractivity contribution in [2.45, 2.75) is 18.3 Å². The molecule has 11 heteroatoms. The Labute approximate surface area is 106 Å². The topological polar surface area (TPSA) is 43.1 Å². The number of hydrogen-bond acceptors (Lipinski definition) is 3. The molecule has 0 fully saturated rings. The lowest BCUT2D eigenvalue weighted by atomic mass is 10.1. The molecule has 0 aliphatic heterocycles. The van der Waals surface area contributed by atoms with Crippen LogP contribution in [0.5, 0.6) is 0 Å². The Balaban J connectivity index is 2.64. The Morgan fingerprint density at radius 2 is 1.63 bits per heavy atom. The first kappa shape index (κ1) is 13.8. The van der Waals surface area contributed by atoms with Crippen LogP contribution >= 0.6 is 11.6 Å².